The number of aromatic nitrogens is 3. The highest BCUT2D eigenvalue weighted by Gasteiger charge is 2.19. The van der Waals surface area contributed by atoms with E-state index < -0.39 is 5.97 Å². The van der Waals surface area contributed by atoms with Gasteiger partial charge in [-0.3, -0.25) is 4.68 Å². The van der Waals surface area contributed by atoms with Crippen LogP contribution < -0.4 is 10.1 Å². The van der Waals surface area contributed by atoms with Crippen molar-refractivity contribution in [1.82, 2.24) is 14.8 Å². The van der Waals surface area contributed by atoms with E-state index in [1.54, 1.807) is 13.2 Å². The first-order chi connectivity index (χ1) is 15.2. The fraction of sp³-hybridized carbons (Fsp3) is 0.375. The number of fused-ring (bicyclic) bond motifs is 1. The molecule has 1 N–H and O–H groups in total. The Morgan fingerprint density at radius 2 is 1.94 bits per heavy atom. The Labute approximate surface area is 182 Å². The standard InChI is InChI=1S/C24H28N4O3/c1-30-19-10-8-17(9-11-19)16-28-21-14-15-25-24(26-18-6-4-3-5-7-18)23(21)20(27-28)12-13-22(29)31-2/h8-15,18H,3-7,16H2,1-2H3,(H,25,26). The van der Waals surface area contributed by atoms with Gasteiger partial charge in [-0.1, -0.05) is 31.4 Å². The Morgan fingerprint density at radius 3 is 2.65 bits per heavy atom. The first-order valence-corrected chi connectivity index (χ1v) is 10.7. The molecule has 1 aliphatic rings. The van der Waals surface area contributed by atoms with Crippen LogP contribution >= 0.6 is 0 Å². The zero-order valence-electron chi connectivity index (χ0n) is 18.0. The monoisotopic (exact) mass is 420 g/mol. The average molecular weight is 421 g/mol. The molecule has 162 valence electrons. The minimum atomic E-state index is -0.413. The average Bonchev–Trinajstić information content (AvgIpc) is 3.17. The van der Waals surface area contributed by atoms with Crippen molar-refractivity contribution in [2.45, 2.75) is 44.7 Å². The summed E-state index contributed by atoms with van der Waals surface area (Å²) in [5.41, 5.74) is 2.77. The third-order valence-corrected chi connectivity index (χ3v) is 5.71. The van der Waals surface area contributed by atoms with E-state index in [4.69, 9.17) is 14.6 Å². The minimum absolute atomic E-state index is 0.411. The number of esters is 1. The zero-order valence-corrected chi connectivity index (χ0v) is 18.0. The largest absolute Gasteiger partial charge is 0.497 e. The predicted octanol–water partition coefficient (Wildman–Crippen LogP) is 4.42. The zero-order chi connectivity index (χ0) is 21.6. The number of ether oxygens (including phenoxy) is 2. The molecule has 0 atom stereocenters. The maximum atomic E-state index is 11.7. The number of hydrogen-bond acceptors (Lipinski definition) is 6. The molecule has 31 heavy (non-hydrogen) atoms. The van der Waals surface area contributed by atoms with Gasteiger partial charge in [0.25, 0.3) is 0 Å². The van der Waals surface area contributed by atoms with Gasteiger partial charge in [-0.05, 0) is 42.7 Å². The number of carbonyl (C=O) groups is 1. The van der Waals surface area contributed by atoms with Crippen molar-refractivity contribution in [3.8, 4) is 5.75 Å². The molecule has 0 aliphatic heterocycles. The number of rotatable bonds is 7. The van der Waals surface area contributed by atoms with Crippen LogP contribution in [0.25, 0.3) is 17.0 Å². The molecular weight excluding hydrogens is 392 g/mol. The highest BCUT2D eigenvalue weighted by molar-refractivity contribution is 5.98. The van der Waals surface area contributed by atoms with Crippen molar-refractivity contribution >= 4 is 28.8 Å². The molecule has 1 saturated carbocycles. The number of carbonyl (C=O) groups excluding carboxylic acids is 1. The van der Waals surface area contributed by atoms with Crippen LogP contribution in [0.15, 0.2) is 42.6 Å². The number of nitrogens with one attached hydrogen (secondary N) is 1. The lowest BCUT2D eigenvalue weighted by Gasteiger charge is -2.23. The van der Waals surface area contributed by atoms with Crippen LogP contribution in [0.3, 0.4) is 0 Å². The van der Waals surface area contributed by atoms with Gasteiger partial charge in [0.1, 0.15) is 11.6 Å². The van der Waals surface area contributed by atoms with Gasteiger partial charge in [0.05, 0.1) is 37.4 Å². The van der Waals surface area contributed by atoms with Crippen molar-refractivity contribution in [1.29, 1.82) is 0 Å². The molecule has 3 aromatic rings. The summed E-state index contributed by atoms with van der Waals surface area (Å²) in [4.78, 5) is 16.3. The minimum Gasteiger partial charge on any atom is -0.497 e. The number of benzene rings is 1. The second kappa shape index (κ2) is 9.64. The van der Waals surface area contributed by atoms with Gasteiger partial charge in [-0.25, -0.2) is 9.78 Å². The third-order valence-electron chi connectivity index (χ3n) is 5.71. The summed E-state index contributed by atoms with van der Waals surface area (Å²) in [6.07, 6.45) is 11.0. The van der Waals surface area contributed by atoms with Crippen LogP contribution in [0, 0.1) is 0 Å². The number of nitrogens with zero attached hydrogens (tertiary/aromatic N) is 3. The maximum absolute atomic E-state index is 11.7. The Hall–Kier alpha value is -3.35. The summed E-state index contributed by atoms with van der Waals surface area (Å²) < 4.78 is 12.0. The Morgan fingerprint density at radius 1 is 1.16 bits per heavy atom. The third kappa shape index (κ3) is 4.87. The van der Waals surface area contributed by atoms with Crippen molar-refractivity contribution in [2.75, 3.05) is 19.5 Å². The van der Waals surface area contributed by atoms with Crippen molar-refractivity contribution < 1.29 is 14.3 Å². The lowest BCUT2D eigenvalue weighted by molar-refractivity contribution is -0.134. The predicted molar refractivity (Wildman–Crippen MR) is 121 cm³/mol. The van der Waals surface area contributed by atoms with E-state index >= 15 is 0 Å². The van der Waals surface area contributed by atoms with E-state index in [0.717, 1.165) is 40.9 Å². The maximum Gasteiger partial charge on any atom is 0.330 e. The highest BCUT2D eigenvalue weighted by atomic mass is 16.5. The van der Waals surface area contributed by atoms with Crippen LogP contribution in [0.5, 0.6) is 5.75 Å². The van der Waals surface area contributed by atoms with E-state index in [9.17, 15) is 4.79 Å². The van der Waals surface area contributed by atoms with Crippen LogP contribution in [0.2, 0.25) is 0 Å². The Balaban J connectivity index is 1.72. The number of pyridine rings is 1. The molecule has 0 unspecified atom stereocenters. The van der Waals surface area contributed by atoms with Gasteiger partial charge in [0, 0.05) is 18.3 Å². The van der Waals surface area contributed by atoms with E-state index in [1.165, 1.54) is 32.4 Å². The van der Waals surface area contributed by atoms with E-state index in [-0.39, 0.29) is 0 Å². The Kier molecular flexibility index (Phi) is 6.50. The molecule has 7 heteroatoms. The SMILES string of the molecule is COC(=O)C=Cc1nn(Cc2ccc(OC)cc2)c2ccnc(NC3CCCCC3)c12. The topological polar surface area (TPSA) is 78.3 Å². The molecule has 4 rings (SSSR count). The van der Waals surface area contributed by atoms with Crippen LogP contribution in [0.1, 0.15) is 43.4 Å². The van der Waals surface area contributed by atoms with E-state index in [2.05, 4.69) is 10.3 Å². The first kappa shape index (κ1) is 20.9. The molecule has 0 amide bonds. The smallest absolute Gasteiger partial charge is 0.330 e. The molecule has 0 bridgehead atoms. The lowest BCUT2D eigenvalue weighted by atomic mass is 9.95. The molecule has 0 spiro atoms. The highest BCUT2D eigenvalue weighted by Crippen LogP contribution is 2.29. The second-order valence-electron chi connectivity index (χ2n) is 7.78. The summed E-state index contributed by atoms with van der Waals surface area (Å²) in [5, 5.41) is 9.34. The summed E-state index contributed by atoms with van der Waals surface area (Å²) in [6, 6.07) is 10.3. The van der Waals surface area contributed by atoms with Crippen molar-refractivity contribution in [3.05, 3.63) is 53.9 Å². The van der Waals surface area contributed by atoms with Crippen LogP contribution in [0.4, 0.5) is 5.82 Å². The Bertz CT molecular complexity index is 1070. The van der Waals surface area contributed by atoms with E-state index in [0.29, 0.717) is 18.3 Å². The number of methoxy groups -OCH3 is 2. The van der Waals surface area contributed by atoms with Crippen molar-refractivity contribution in [2.24, 2.45) is 0 Å². The van der Waals surface area contributed by atoms with Crippen LogP contribution in [-0.4, -0.2) is 41.0 Å². The fourth-order valence-corrected chi connectivity index (χ4v) is 4.06. The lowest BCUT2D eigenvalue weighted by Crippen LogP contribution is -2.22. The van der Waals surface area contributed by atoms with Gasteiger partial charge in [0.2, 0.25) is 0 Å². The molecule has 2 aromatic heterocycles. The number of anilines is 1. The van der Waals surface area contributed by atoms with Gasteiger partial charge in [0.15, 0.2) is 0 Å². The normalized spacial score (nSPS) is 14.8. The molecule has 1 fully saturated rings. The van der Waals surface area contributed by atoms with Gasteiger partial charge < -0.3 is 14.8 Å². The van der Waals surface area contributed by atoms with Gasteiger partial charge in [-0.2, -0.15) is 5.10 Å². The van der Waals surface area contributed by atoms with Gasteiger partial charge >= 0.3 is 5.97 Å². The summed E-state index contributed by atoms with van der Waals surface area (Å²) >= 11 is 0. The summed E-state index contributed by atoms with van der Waals surface area (Å²) in [6.45, 7) is 0.597. The molecule has 2 heterocycles. The first-order valence-electron chi connectivity index (χ1n) is 10.7. The number of hydrogen-bond donors (Lipinski definition) is 1. The van der Waals surface area contributed by atoms with Crippen molar-refractivity contribution in [3.63, 3.8) is 0 Å². The quantitative estimate of drug-likeness (QED) is 0.450. The molecule has 0 saturated heterocycles. The molecule has 7 nitrogen and oxygen atoms in total. The fourth-order valence-electron chi connectivity index (χ4n) is 4.06. The molecule has 1 aromatic carbocycles. The molecule has 0 radical (unpaired) electrons. The second-order valence-corrected chi connectivity index (χ2v) is 7.78. The summed E-state index contributed by atoms with van der Waals surface area (Å²) in [5.74, 6) is 1.22. The molecule has 1 aliphatic carbocycles. The van der Waals surface area contributed by atoms with Gasteiger partial charge in [-0.15, -0.1) is 0 Å². The molecular formula is C24H28N4O3. The van der Waals surface area contributed by atoms with E-state index in [1.807, 2.05) is 41.2 Å². The summed E-state index contributed by atoms with van der Waals surface area (Å²) in [7, 11) is 3.02. The van der Waals surface area contributed by atoms with Crippen LogP contribution in [-0.2, 0) is 16.1 Å².